The van der Waals surface area contributed by atoms with Gasteiger partial charge in [0, 0.05) is 102 Å². The molecule has 0 bridgehead atoms. The van der Waals surface area contributed by atoms with Gasteiger partial charge in [0.05, 0.1) is 43.9 Å². The molecule has 6 atom stereocenters. The molecule has 0 aliphatic carbocycles. The van der Waals surface area contributed by atoms with Gasteiger partial charge in [0.2, 0.25) is 0 Å². The number of rotatable bonds is 9. The minimum absolute atomic E-state index is 0.0134. The first-order chi connectivity index (χ1) is 43.6. The Labute approximate surface area is 439 Å². The number of nitrogens with zero attached hydrogens (tertiary/aromatic N) is 15. The van der Waals surface area contributed by atoms with Crippen LogP contribution >= 0.6 is 0 Å². The molecule has 6 aromatic rings. The predicted molar refractivity (Wildman–Crippen MR) is 264 cm³/mol. The summed E-state index contributed by atoms with van der Waals surface area (Å²) in [5.41, 5.74) is 0.639. The van der Waals surface area contributed by atoms with Crippen LogP contribution in [0.4, 0.5) is 17.5 Å². The Bertz CT molecular complexity index is 4160. The van der Waals surface area contributed by atoms with Crippen LogP contribution in [0.3, 0.4) is 0 Å². The lowest BCUT2D eigenvalue weighted by Gasteiger charge is -2.41. The van der Waals surface area contributed by atoms with Crippen molar-refractivity contribution in [3.8, 4) is 0 Å². The molecule has 3 amide bonds. The maximum atomic E-state index is 12.7. The highest BCUT2D eigenvalue weighted by Crippen LogP contribution is 2.31. The highest BCUT2D eigenvalue weighted by atomic mass is 16.2. The number of likely N-dealkylation sites (tertiary alicyclic amines) is 3. The number of carbonyl (C=O) groups excluding carboxylic acids is 3. The van der Waals surface area contributed by atoms with Gasteiger partial charge in [-0.05, 0) is 55.0 Å². The number of aromatic nitrogens is 9. The quantitative estimate of drug-likeness (QED) is 0.169. The van der Waals surface area contributed by atoms with Crippen molar-refractivity contribution in [2.45, 2.75) is 57.9 Å². The number of amides is 3. The zero-order valence-electron chi connectivity index (χ0n) is 64.3. The third-order valence-corrected chi connectivity index (χ3v) is 10.2. The van der Waals surface area contributed by atoms with Crippen molar-refractivity contribution in [3.63, 3.8) is 0 Å². The van der Waals surface area contributed by atoms with Crippen LogP contribution in [0.2, 0.25) is 0 Å². The average molecular weight is 964 g/mol. The first-order valence-electron chi connectivity index (χ1n) is 33.8. The first kappa shape index (κ1) is 25.0. The predicted octanol–water partition coefficient (Wildman–Crippen LogP) is 4.65. The van der Waals surface area contributed by atoms with Crippen molar-refractivity contribution in [3.05, 3.63) is 90.0 Å². The number of H-pyrrole nitrogens is 3. The minimum atomic E-state index is -3.67. The van der Waals surface area contributed by atoms with E-state index in [1.165, 1.54) is 45.7 Å². The summed E-state index contributed by atoms with van der Waals surface area (Å²) >= 11 is 0. The third-order valence-electron chi connectivity index (χ3n) is 10.2. The number of fused-ring (bicyclic) bond motifs is 3. The Hall–Kier alpha value is -7.86. The average Bonchev–Trinajstić information content (AvgIpc) is 1.08. The Kier molecular flexibility index (Phi) is 8.06. The number of likely N-dealkylation sites (N-methyl/N-ethyl adjacent to an activating group) is 3. The number of carbonyl (C=O) groups is 3. The zero-order chi connectivity index (χ0) is 73.2. The van der Waals surface area contributed by atoms with Crippen LogP contribution in [0, 0.1) is 37.4 Å². The maximum absolute atomic E-state index is 12.7. The Morgan fingerprint density at radius 2 is 1.01 bits per heavy atom. The molecule has 3 aliphatic rings. The van der Waals surface area contributed by atoms with E-state index in [-0.39, 0.29) is 54.5 Å². The molecular weight excluding hydrogens is 877 g/mol. The fraction of sp³-hybridized carbons (Fsp3) is 0.500. The second kappa shape index (κ2) is 22.3. The van der Waals surface area contributed by atoms with Gasteiger partial charge in [-0.15, -0.1) is 0 Å². The van der Waals surface area contributed by atoms with Crippen LogP contribution < -0.4 is 14.7 Å². The second-order valence-electron chi connectivity index (χ2n) is 14.7. The number of hydrogen-bond donors (Lipinski definition) is 3. The van der Waals surface area contributed by atoms with Crippen LogP contribution in [0.15, 0.2) is 55.7 Å². The van der Waals surface area contributed by atoms with E-state index in [9.17, 15) is 14.4 Å². The number of anilines is 3. The summed E-state index contributed by atoms with van der Waals surface area (Å²) in [5, 5.41) is 0.898. The van der Waals surface area contributed by atoms with Crippen LogP contribution in [0.25, 0.3) is 47.6 Å². The van der Waals surface area contributed by atoms with Crippen molar-refractivity contribution in [2.24, 2.45) is 17.7 Å². The summed E-state index contributed by atoms with van der Waals surface area (Å²) < 4.78 is 226. The topological polar surface area (TPSA) is 208 Å². The van der Waals surface area contributed by atoms with Gasteiger partial charge in [-0.3, -0.25) is 14.4 Å². The molecule has 360 valence electrons. The molecule has 0 unspecified atom stereocenters. The summed E-state index contributed by atoms with van der Waals surface area (Å²) in [5.74, 6) is -11.8. The Morgan fingerprint density at radius 1 is 0.638 bits per heavy atom. The molecule has 3 saturated heterocycles. The number of nitrogens with one attached hydrogen (secondary N) is 3. The fourth-order valence-electron chi connectivity index (χ4n) is 6.77. The smallest absolute Gasteiger partial charge is 0.302 e. The lowest BCUT2D eigenvalue weighted by molar-refractivity contribution is -0.131. The number of hydrogen-bond acceptors (Lipinski definition) is 12. The fourth-order valence-corrected chi connectivity index (χ4v) is 6.77. The first-order valence-corrected chi connectivity index (χ1v) is 20.3. The van der Waals surface area contributed by atoms with Crippen LogP contribution in [-0.2, 0) is 14.4 Å². The van der Waals surface area contributed by atoms with Crippen LogP contribution in [-0.4, -0.2) is 175 Å². The largest absolute Gasteiger partial charge is 0.354 e. The Balaban J connectivity index is 0.000000203. The van der Waals surface area contributed by atoms with Crippen molar-refractivity contribution in [2.75, 3.05) is 94.5 Å². The van der Waals surface area contributed by atoms with Crippen molar-refractivity contribution in [1.82, 2.24) is 59.6 Å². The summed E-state index contributed by atoms with van der Waals surface area (Å²) in [6.45, 7) is -2.77. The van der Waals surface area contributed by atoms with Crippen molar-refractivity contribution in [1.29, 1.82) is 0 Å². The van der Waals surface area contributed by atoms with Gasteiger partial charge in [0.15, 0.2) is 0 Å². The zero-order valence-corrected chi connectivity index (χ0v) is 37.3. The van der Waals surface area contributed by atoms with E-state index in [1.54, 1.807) is 12.1 Å². The molecule has 9 rings (SSSR count). The molecule has 0 saturated carbocycles. The van der Waals surface area contributed by atoms with Gasteiger partial charge in [-0.1, -0.05) is 20.7 Å². The van der Waals surface area contributed by atoms with E-state index < -0.39 is 157 Å². The highest BCUT2D eigenvalue weighted by Gasteiger charge is 2.36. The summed E-state index contributed by atoms with van der Waals surface area (Å²) in [6, 6.07) is -2.17. The standard InChI is InChI=1S/3C16H20N6O/c3*1-11-5-7-22(14(23)8-17-2)9-13(11)21(3)16-12-4-6-18-15(12)19-10-20-16/h3*4,6,10-11,13H,5,7-9H2,1,3H3,(H,18,19,20)/t3*11-,13+/m111/s1/i1D3,5D2,7D2,9D2,10D,11D;5D2,7D2,9D2,10D,13D;5D2,7D2,9D2,10D,11D. The Morgan fingerprint density at radius 3 is 1.43 bits per heavy atom. The third kappa shape index (κ3) is 11.0. The number of aromatic amines is 3. The second-order valence-corrected chi connectivity index (χ2v) is 14.7. The molecule has 69 heavy (non-hydrogen) atoms. The van der Waals surface area contributed by atoms with Crippen molar-refractivity contribution >= 4 is 68.3 Å². The van der Waals surface area contributed by atoms with Gasteiger partial charge in [0.25, 0.3) is 19.6 Å². The van der Waals surface area contributed by atoms with Crippen LogP contribution in [0.1, 0.15) is 76.8 Å². The molecule has 21 nitrogen and oxygen atoms in total. The molecule has 3 aliphatic heterocycles. The molecule has 0 aromatic carbocycles. The van der Waals surface area contributed by atoms with E-state index in [0.717, 1.165) is 28.7 Å². The summed E-state index contributed by atoms with van der Waals surface area (Å²) in [7, 11) is 3.71. The van der Waals surface area contributed by atoms with Gasteiger partial charge in [-0.25, -0.2) is 49.6 Å². The molecule has 0 radical (unpaired) electrons. The van der Waals surface area contributed by atoms with E-state index in [1.807, 2.05) is 0 Å². The molecule has 3 N–H and O–H groups in total. The molecule has 9 heterocycles. The van der Waals surface area contributed by atoms with Gasteiger partial charge >= 0.3 is 17.7 Å². The molecule has 6 aromatic heterocycles. The minimum Gasteiger partial charge on any atom is -0.354 e. The van der Waals surface area contributed by atoms with Gasteiger partial charge in [0.1, 0.15) is 57.4 Å². The number of piperidine rings is 3. The lowest BCUT2D eigenvalue weighted by Crippen LogP contribution is -2.53. The molecule has 0 spiro atoms. The van der Waals surface area contributed by atoms with E-state index in [4.69, 9.17) is 56.7 Å². The lowest BCUT2D eigenvalue weighted by atomic mass is 9.92. The maximum Gasteiger partial charge on any atom is 0.302 e. The van der Waals surface area contributed by atoms with E-state index in [0.29, 0.717) is 10.8 Å². The monoisotopic (exact) mass is 964 g/mol. The van der Waals surface area contributed by atoms with Gasteiger partial charge in [-0.2, -0.15) is 0 Å². The van der Waals surface area contributed by atoms with E-state index >= 15 is 0 Å². The summed E-state index contributed by atoms with van der Waals surface area (Å²) in [6.07, 6.45) is -6.50. The SMILES string of the molecule is [2H]c1nc(N(C)[C@H]2C([2H])([2H])N(C(=O)C[N+]#[C-])C([2H])([2H])C([2H])([2H])[C@@]2([2H])C([2H])([2H])[2H])c2cc[nH]c2n1.[2H]c1nc(N(C)[C@H]2C([2H])([2H])N(C(=O)C[N+]#[C-])C([2H])([2H])C([2H])([2H])[C@@]2([2H])C)c2cc[nH]c2n1.[2H]c1nc(N(C)[C@]2([2H])[C@H](C)C([2H])([2H])C([2H])([2H])N(C(=O)C[N+]#[C-])C2([2H])[2H])c2cc[nH]c2n1. The van der Waals surface area contributed by atoms with Crippen LogP contribution in [0.5, 0.6) is 0 Å². The normalized spacial score (nSPS) is 36.9. The molecular formula is C48H60N18O3. The van der Waals surface area contributed by atoms with E-state index in [2.05, 4.69) is 59.4 Å². The van der Waals surface area contributed by atoms with Gasteiger partial charge < -0.3 is 58.9 Å². The molecule has 3 fully saturated rings. The summed E-state index contributed by atoms with van der Waals surface area (Å²) in [4.78, 5) is 81.3. The highest BCUT2D eigenvalue weighted by molar-refractivity contribution is 5.89. The molecule has 21 heteroatoms. The van der Waals surface area contributed by atoms with Crippen molar-refractivity contribution < 1.29 is 51.4 Å².